The lowest BCUT2D eigenvalue weighted by atomic mass is 10.1. The fourth-order valence-electron chi connectivity index (χ4n) is 3.76. The molecule has 0 fully saturated rings. The average Bonchev–Trinajstić information content (AvgIpc) is 3.38. The number of nitrogens with zero attached hydrogens (tertiary/aromatic N) is 2. The van der Waals surface area contributed by atoms with E-state index in [1.807, 2.05) is 43.3 Å². The Kier molecular flexibility index (Phi) is 5.66. The number of aryl methyl sites for hydroxylation is 2. The first kappa shape index (κ1) is 22.2. The van der Waals surface area contributed by atoms with Crippen molar-refractivity contribution in [2.24, 2.45) is 0 Å². The number of thiophene rings is 1. The molecule has 0 radical (unpaired) electrons. The van der Waals surface area contributed by atoms with Gasteiger partial charge in [-0.25, -0.2) is 4.98 Å². The number of hydrogen-bond donors (Lipinski definition) is 1. The number of ketones is 1. The third-order valence-corrected chi connectivity index (χ3v) is 7.28. The number of carbonyl (C=O) groups excluding carboxylic acids is 2. The smallest absolute Gasteiger partial charge is 0.266 e. The lowest BCUT2D eigenvalue weighted by Gasteiger charge is -2.07. The number of furan rings is 1. The van der Waals surface area contributed by atoms with Gasteiger partial charge >= 0.3 is 0 Å². The molecule has 0 atom stereocenters. The van der Waals surface area contributed by atoms with Gasteiger partial charge < -0.3 is 9.73 Å². The van der Waals surface area contributed by atoms with Crippen molar-refractivity contribution in [3.05, 3.63) is 91.4 Å². The number of para-hydroxylation sites is 1. The molecule has 0 spiro atoms. The molecule has 0 aliphatic carbocycles. The fourth-order valence-corrected chi connectivity index (χ4v) is 5.18. The second-order valence-corrected chi connectivity index (χ2v) is 9.81. The molecule has 7 nitrogen and oxygen atoms in total. The van der Waals surface area contributed by atoms with Crippen LogP contribution in [0.3, 0.4) is 0 Å². The third kappa shape index (κ3) is 3.97. The third-order valence-electron chi connectivity index (χ3n) is 5.58. The number of Topliss-reactive ketones (excluding diaryl/α,β-unsaturated/α-hetero) is 1. The monoisotopic (exact) mass is 535 g/mol. The van der Waals surface area contributed by atoms with Crippen LogP contribution in [0.2, 0.25) is 0 Å². The maximum Gasteiger partial charge on any atom is 0.266 e. The van der Waals surface area contributed by atoms with Gasteiger partial charge in [-0.3, -0.25) is 19.0 Å². The molecule has 3 aromatic heterocycles. The van der Waals surface area contributed by atoms with E-state index in [-0.39, 0.29) is 29.6 Å². The highest BCUT2D eigenvalue weighted by molar-refractivity contribution is 9.10. The zero-order valence-corrected chi connectivity index (χ0v) is 20.6. The standard InChI is InChI=1S/C25H18BrN3O4S/c1-13-5-3-4-6-17(13)28-23(31)22-14(2)21-24(34-22)27-12-29(25(21)32)11-18(30)20-10-15-9-16(26)7-8-19(15)33-20/h3-10,12H,11H2,1-2H3,(H,28,31). The van der Waals surface area contributed by atoms with Crippen molar-refractivity contribution in [2.45, 2.75) is 20.4 Å². The van der Waals surface area contributed by atoms with Crippen molar-refractivity contribution in [1.82, 2.24) is 9.55 Å². The van der Waals surface area contributed by atoms with Crippen molar-refractivity contribution in [1.29, 1.82) is 0 Å². The van der Waals surface area contributed by atoms with E-state index in [9.17, 15) is 14.4 Å². The quantitative estimate of drug-likeness (QED) is 0.290. The molecule has 170 valence electrons. The van der Waals surface area contributed by atoms with Gasteiger partial charge in [-0.1, -0.05) is 34.1 Å². The van der Waals surface area contributed by atoms with Crippen molar-refractivity contribution >= 4 is 65.8 Å². The van der Waals surface area contributed by atoms with Crippen LogP contribution < -0.4 is 10.9 Å². The highest BCUT2D eigenvalue weighted by Crippen LogP contribution is 2.28. The van der Waals surface area contributed by atoms with Crippen molar-refractivity contribution in [3.63, 3.8) is 0 Å². The summed E-state index contributed by atoms with van der Waals surface area (Å²) >= 11 is 4.55. The predicted octanol–water partition coefficient (Wildman–Crippen LogP) is 5.72. The Bertz CT molecular complexity index is 1660. The Morgan fingerprint density at radius 2 is 1.94 bits per heavy atom. The predicted molar refractivity (Wildman–Crippen MR) is 136 cm³/mol. The number of benzene rings is 2. The number of nitrogens with one attached hydrogen (secondary N) is 1. The average molecular weight is 536 g/mol. The molecule has 0 saturated carbocycles. The zero-order valence-electron chi connectivity index (χ0n) is 18.2. The maximum atomic E-state index is 13.2. The molecule has 0 aliphatic rings. The molecule has 5 aromatic rings. The van der Waals surface area contributed by atoms with Crippen LogP contribution in [0.5, 0.6) is 0 Å². The summed E-state index contributed by atoms with van der Waals surface area (Å²) in [5.74, 6) is -0.480. The number of carbonyl (C=O) groups is 2. The molecule has 0 aliphatic heterocycles. The van der Waals surface area contributed by atoms with Gasteiger partial charge in [0.15, 0.2) is 5.76 Å². The Hall–Kier alpha value is -3.56. The van der Waals surface area contributed by atoms with E-state index in [0.29, 0.717) is 31.9 Å². The van der Waals surface area contributed by atoms with Gasteiger partial charge in [-0.05, 0) is 55.3 Å². The van der Waals surface area contributed by atoms with Crippen LogP contribution in [-0.4, -0.2) is 21.2 Å². The molecule has 5 rings (SSSR count). The molecule has 0 unspecified atom stereocenters. The first-order valence-corrected chi connectivity index (χ1v) is 12.0. The van der Waals surface area contributed by atoms with Gasteiger partial charge in [0.05, 0.1) is 23.1 Å². The summed E-state index contributed by atoms with van der Waals surface area (Å²) in [7, 11) is 0. The Morgan fingerprint density at radius 1 is 1.15 bits per heavy atom. The number of fused-ring (bicyclic) bond motifs is 2. The molecule has 1 amide bonds. The summed E-state index contributed by atoms with van der Waals surface area (Å²) < 4.78 is 7.78. The number of hydrogen-bond acceptors (Lipinski definition) is 6. The van der Waals surface area contributed by atoms with Gasteiger partial charge in [0, 0.05) is 15.5 Å². The topological polar surface area (TPSA) is 94.2 Å². The summed E-state index contributed by atoms with van der Waals surface area (Å²) in [6, 6.07) is 14.6. The highest BCUT2D eigenvalue weighted by atomic mass is 79.9. The summed E-state index contributed by atoms with van der Waals surface area (Å²) in [4.78, 5) is 44.2. The second kappa shape index (κ2) is 8.66. The Labute approximate surface area is 206 Å². The van der Waals surface area contributed by atoms with Crippen LogP contribution in [0.4, 0.5) is 5.69 Å². The number of rotatable bonds is 5. The zero-order chi connectivity index (χ0) is 24.0. The maximum absolute atomic E-state index is 13.2. The van der Waals surface area contributed by atoms with Crippen molar-refractivity contribution in [3.8, 4) is 0 Å². The van der Waals surface area contributed by atoms with E-state index in [0.717, 1.165) is 26.8 Å². The summed E-state index contributed by atoms with van der Waals surface area (Å²) in [6.07, 6.45) is 1.33. The van der Waals surface area contributed by atoms with E-state index >= 15 is 0 Å². The van der Waals surface area contributed by atoms with Crippen LogP contribution in [0.1, 0.15) is 31.4 Å². The van der Waals surface area contributed by atoms with Gasteiger partial charge in [0.25, 0.3) is 11.5 Å². The van der Waals surface area contributed by atoms with Crippen LogP contribution in [0, 0.1) is 13.8 Å². The Morgan fingerprint density at radius 3 is 2.74 bits per heavy atom. The lowest BCUT2D eigenvalue weighted by Crippen LogP contribution is -2.24. The normalized spacial score (nSPS) is 11.3. The summed E-state index contributed by atoms with van der Waals surface area (Å²) in [6.45, 7) is 3.41. The summed E-state index contributed by atoms with van der Waals surface area (Å²) in [5.41, 5.74) is 2.40. The van der Waals surface area contributed by atoms with Gasteiger partial charge in [-0.2, -0.15) is 0 Å². The molecule has 3 heterocycles. The molecule has 34 heavy (non-hydrogen) atoms. The van der Waals surface area contributed by atoms with E-state index in [4.69, 9.17) is 4.42 Å². The number of anilines is 1. The van der Waals surface area contributed by atoms with Crippen molar-refractivity contribution < 1.29 is 14.0 Å². The molecule has 0 saturated heterocycles. The summed E-state index contributed by atoms with van der Waals surface area (Å²) in [5, 5.41) is 4.02. The number of amides is 1. The minimum absolute atomic E-state index is 0.167. The van der Waals surface area contributed by atoms with Crippen molar-refractivity contribution in [2.75, 3.05) is 5.32 Å². The Balaban J connectivity index is 1.45. The van der Waals surface area contributed by atoms with Crippen LogP contribution in [-0.2, 0) is 6.54 Å². The lowest BCUT2D eigenvalue weighted by molar-refractivity contribution is 0.0945. The first-order chi connectivity index (χ1) is 16.3. The number of halogens is 1. The van der Waals surface area contributed by atoms with Gasteiger partial charge in [0.2, 0.25) is 5.78 Å². The van der Waals surface area contributed by atoms with Crippen LogP contribution >= 0.6 is 27.3 Å². The van der Waals surface area contributed by atoms with Crippen LogP contribution in [0.15, 0.2) is 68.5 Å². The van der Waals surface area contributed by atoms with E-state index in [1.165, 1.54) is 10.9 Å². The number of aromatic nitrogens is 2. The largest absolute Gasteiger partial charge is 0.453 e. The van der Waals surface area contributed by atoms with Gasteiger partial charge in [0.1, 0.15) is 10.4 Å². The molecular formula is C25H18BrN3O4S. The van der Waals surface area contributed by atoms with Gasteiger partial charge in [-0.15, -0.1) is 11.3 Å². The molecule has 1 N–H and O–H groups in total. The molecule has 0 bridgehead atoms. The minimum atomic E-state index is -0.374. The molecule has 9 heteroatoms. The molecule has 2 aromatic carbocycles. The minimum Gasteiger partial charge on any atom is -0.453 e. The van der Waals surface area contributed by atoms with E-state index < -0.39 is 0 Å². The molecular weight excluding hydrogens is 518 g/mol. The SMILES string of the molecule is Cc1ccccc1NC(=O)c1sc2ncn(CC(=O)c3cc4cc(Br)ccc4o3)c(=O)c2c1C. The van der Waals surface area contributed by atoms with E-state index in [2.05, 4.69) is 26.2 Å². The van der Waals surface area contributed by atoms with Crippen LogP contribution in [0.25, 0.3) is 21.2 Å². The first-order valence-electron chi connectivity index (χ1n) is 10.4. The van der Waals surface area contributed by atoms with E-state index in [1.54, 1.807) is 19.1 Å². The second-order valence-electron chi connectivity index (χ2n) is 7.90. The fraction of sp³-hybridized carbons (Fsp3) is 0.120. The highest BCUT2D eigenvalue weighted by Gasteiger charge is 2.21.